The third kappa shape index (κ3) is 4.26. The molecule has 0 unspecified atom stereocenters. The zero-order chi connectivity index (χ0) is 20.5. The lowest BCUT2D eigenvalue weighted by Gasteiger charge is -2.19. The van der Waals surface area contributed by atoms with Crippen molar-refractivity contribution in [2.75, 3.05) is 27.2 Å². The summed E-state index contributed by atoms with van der Waals surface area (Å²) < 4.78 is 38.6. The van der Waals surface area contributed by atoms with Gasteiger partial charge in [0.2, 0.25) is 10.0 Å². The van der Waals surface area contributed by atoms with Gasteiger partial charge in [-0.1, -0.05) is 17.7 Å². The number of carbonyl (C=O) groups is 2. The lowest BCUT2D eigenvalue weighted by Crippen LogP contribution is -2.29. The largest absolute Gasteiger partial charge is 0.318 e. The van der Waals surface area contributed by atoms with E-state index < -0.39 is 27.7 Å². The summed E-state index contributed by atoms with van der Waals surface area (Å²) >= 11 is 5.65. The summed E-state index contributed by atoms with van der Waals surface area (Å²) in [5, 5.41) is 4.61. The van der Waals surface area contributed by atoms with Gasteiger partial charge in [0, 0.05) is 17.9 Å². The Labute approximate surface area is 166 Å². The van der Waals surface area contributed by atoms with Crippen LogP contribution in [0.15, 0.2) is 36.4 Å². The van der Waals surface area contributed by atoms with E-state index in [0.29, 0.717) is 29.9 Å². The van der Waals surface area contributed by atoms with E-state index in [4.69, 9.17) is 11.6 Å². The Kier molecular flexibility index (Phi) is 5.57. The first-order valence-corrected chi connectivity index (χ1v) is 10.3. The molecule has 28 heavy (non-hydrogen) atoms. The number of sulfonamides is 1. The van der Waals surface area contributed by atoms with Crippen molar-refractivity contribution in [3.63, 3.8) is 0 Å². The predicted octanol–water partition coefficient (Wildman–Crippen LogP) is 2.90. The highest BCUT2D eigenvalue weighted by atomic mass is 35.5. The Morgan fingerprint density at radius 3 is 2.46 bits per heavy atom. The first-order chi connectivity index (χ1) is 13.2. The van der Waals surface area contributed by atoms with Crippen molar-refractivity contribution in [1.29, 1.82) is 0 Å². The zero-order valence-corrected chi connectivity index (χ0v) is 16.4. The lowest BCUT2D eigenvalue weighted by molar-refractivity contribution is -0.133. The molecule has 2 aromatic carbocycles. The fraction of sp³-hybridized carbons (Fsp3) is 0.222. The van der Waals surface area contributed by atoms with Gasteiger partial charge < -0.3 is 10.6 Å². The number of rotatable bonds is 3. The Morgan fingerprint density at radius 2 is 1.82 bits per heavy atom. The van der Waals surface area contributed by atoms with Crippen molar-refractivity contribution < 1.29 is 22.4 Å². The fourth-order valence-corrected chi connectivity index (χ4v) is 4.51. The van der Waals surface area contributed by atoms with Crippen molar-refractivity contribution in [2.24, 2.45) is 0 Å². The second kappa shape index (κ2) is 7.76. The number of benzene rings is 2. The Hall–Kier alpha value is -2.65. The molecule has 1 saturated heterocycles. The third-order valence-electron chi connectivity index (χ3n) is 4.24. The number of halogens is 2. The molecule has 1 aliphatic heterocycles. The van der Waals surface area contributed by atoms with Crippen LogP contribution in [-0.2, 0) is 19.6 Å². The lowest BCUT2D eigenvalue weighted by atomic mass is 10.1. The number of carbonyl (C=O) groups excluding carboxylic acids is 2. The molecule has 0 radical (unpaired) electrons. The van der Waals surface area contributed by atoms with E-state index in [1.807, 2.05) is 0 Å². The minimum Gasteiger partial charge on any atom is -0.318 e. The number of hydrogen-bond donors (Lipinski definition) is 2. The number of anilines is 3. The Morgan fingerprint density at radius 1 is 1.11 bits per heavy atom. The highest BCUT2D eigenvalue weighted by Crippen LogP contribution is 2.28. The van der Waals surface area contributed by atoms with Crippen molar-refractivity contribution in [3.05, 3.63) is 52.8 Å². The highest BCUT2D eigenvalue weighted by Gasteiger charge is 2.29. The first-order valence-electron chi connectivity index (χ1n) is 8.36. The highest BCUT2D eigenvalue weighted by molar-refractivity contribution is 7.93. The standard InChI is InChI=1S/C18H17ClFN3O4S/c1-11-3-5-13(23-7-2-8-28(23,26)27)10-16(11)22-18(25)17(24)21-12-4-6-15(20)14(19)9-12/h3-6,9-10H,2,7-8H2,1H3,(H,21,24)(H,22,25). The molecule has 0 aromatic heterocycles. The molecule has 10 heteroatoms. The third-order valence-corrected chi connectivity index (χ3v) is 6.40. The molecule has 2 amide bonds. The Bertz CT molecular complexity index is 1060. The molecule has 1 fully saturated rings. The molecular formula is C18H17ClFN3O4S. The van der Waals surface area contributed by atoms with E-state index in [1.165, 1.54) is 22.5 Å². The molecule has 2 N–H and O–H groups in total. The molecule has 0 saturated carbocycles. The van der Waals surface area contributed by atoms with Crippen LogP contribution in [0.3, 0.4) is 0 Å². The molecule has 7 nitrogen and oxygen atoms in total. The van der Waals surface area contributed by atoms with E-state index in [0.717, 1.165) is 6.07 Å². The smallest absolute Gasteiger partial charge is 0.314 e. The molecule has 0 spiro atoms. The van der Waals surface area contributed by atoms with Crippen LogP contribution in [0.5, 0.6) is 0 Å². The normalized spacial score (nSPS) is 15.3. The van der Waals surface area contributed by atoms with Gasteiger partial charge in [-0.25, -0.2) is 12.8 Å². The topological polar surface area (TPSA) is 95.6 Å². The van der Waals surface area contributed by atoms with E-state index in [1.54, 1.807) is 19.1 Å². The van der Waals surface area contributed by atoms with Crippen LogP contribution in [0.25, 0.3) is 0 Å². The predicted molar refractivity (Wildman–Crippen MR) is 106 cm³/mol. The van der Waals surface area contributed by atoms with Crippen LogP contribution in [-0.4, -0.2) is 32.5 Å². The van der Waals surface area contributed by atoms with Gasteiger partial charge >= 0.3 is 11.8 Å². The molecule has 1 aliphatic rings. The number of nitrogens with zero attached hydrogens (tertiary/aromatic N) is 1. The van der Waals surface area contributed by atoms with Gasteiger partial charge in [-0.15, -0.1) is 0 Å². The van der Waals surface area contributed by atoms with Crippen molar-refractivity contribution in [1.82, 2.24) is 0 Å². The van der Waals surface area contributed by atoms with Gasteiger partial charge in [0.25, 0.3) is 0 Å². The van der Waals surface area contributed by atoms with Crippen LogP contribution in [0, 0.1) is 12.7 Å². The summed E-state index contributed by atoms with van der Waals surface area (Å²) in [5.41, 5.74) is 1.56. The fourth-order valence-electron chi connectivity index (χ4n) is 2.77. The maximum atomic E-state index is 13.2. The summed E-state index contributed by atoms with van der Waals surface area (Å²) in [6.07, 6.45) is 0.528. The zero-order valence-electron chi connectivity index (χ0n) is 14.8. The van der Waals surface area contributed by atoms with E-state index in [9.17, 15) is 22.4 Å². The van der Waals surface area contributed by atoms with Crippen molar-refractivity contribution >= 4 is 50.5 Å². The minimum atomic E-state index is -3.36. The summed E-state index contributed by atoms with van der Waals surface area (Å²) in [7, 11) is -3.36. The average Bonchev–Trinajstić information content (AvgIpc) is 2.99. The first kappa shape index (κ1) is 20.1. The van der Waals surface area contributed by atoms with Crippen LogP contribution in [0.1, 0.15) is 12.0 Å². The molecular weight excluding hydrogens is 409 g/mol. The number of aryl methyl sites for hydroxylation is 1. The van der Waals surface area contributed by atoms with Crippen LogP contribution < -0.4 is 14.9 Å². The molecule has 0 atom stereocenters. The van der Waals surface area contributed by atoms with Crippen LogP contribution in [0.4, 0.5) is 21.5 Å². The molecule has 3 rings (SSSR count). The second-order valence-corrected chi connectivity index (χ2v) is 8.70. The van der Waals surface area contributed by atoms with E-state index in [-0.39, 0.29) is 16.5 Å². The van der Waals surface area contributed by atoms with Gasteiger partial charge in [-0.2, -0.15) is 0 Å². The summed E-state index contributed by atoms with van der Waals surface area (Å²) in [5.74, 6) is -2.50. The summed E-state index contributed by atoms with van der Waals surface area (Å²) in [6.45, 7) is 2.08. The molecule has 148 valence electrons. The van der Waals surface area contributed by atoms with Gasteiger partial charge in [-0.3, -0.25) is 13.9 Å². The molecule has 1 heterocycles. The van der Waals surface area contributed by atoms with Crippen molar-refractivity contribution in [3.8, 4) is 0 Å². The number of amides is 2. The van der Waals surface area contributed by atoms with Gasteiger partial charge in [0.05, 0.1) is 16.5 Å². The molecule has 0 aliphatic carbocycles. The van der Waals surface area contributed by atoms with Gasteiger partial charge in [0.15, 0.2) is 0 Å². The number of hydrogen-bond acceptors (Lipinski definition) is 4. The maximum absolute atomic E-state index is 13.2. The quantitative estimate of drug-likeness (QED) is 0.739. The SMILES string of the molecule is Cc1ccc(N2CCCS2(=O)=O)cc1NC(=O)C(=O)Nc1ccc(F)c(Cl)c1. The minimum absolute atomic E-state index is 0.0746. The maximum Gasteiger partial charge on any atom is 0.314 e. The van der Waals surface area contributed by atoms with Crippen LogP contribution >= 0.6 is 11.6 Å². The van der Waals surface area contributed by atoms with Gasteiger partial charge in [-0.05, 0) is 49.2 Å². The molecule has 0 bridgehead atoms. The van der Waals surface area contributed by atoms with Crippen molar-refractivity contribution in [2.45, 2.75) is 13.3 Å². The Balaban J connectivity index is 1.75. The van der Waals surface area contributed by atoms with E-state index >= 15 is 0 Å². The number of nitrogens with one attached hydrogen (secondary N) is 2. The van der Waals surface area contributed by atoms with Gasteiger partial charge in [0.1, 0.15) is 5.82 Å². The average molecular weight is 426 g/mol. The summed E-state index contributed by atoms with van der Waals surface area (Å²) in [4.78, 5) is 24.3. The van der Waals surface area contributed by atoms with E-state index in [2.05, 4.69) is 10.6 Å². The molecule has 2 aromatic rings. The second-order valence-electron chi connectivity index (χ2n) is 6.28. The summed E-state index contributed by atoms with van der Waals surface area (Å²) in [6, 6.07) is 8.35. The van der Waals surface area contributed by atoms with Crippen LogP contribution in [0.2, 0.25) is 5.02 Å². The monoisotopic (exact) mass is 425 g/mol.